The summed E-state index contributed by atoms with van der Waals surface area (Å²) in [7, 11) is 1.50. The molecule has 2 aliphatic rings. The Labute approximate surface area is 152 Å². The molecule has 7 heteroatoms. The first kappa shape index (κ1) is 18.2. The fraction of sp³-hybridized carbons (Fsp3) is 0.556. The number of anilines is 1. The van der Waals surface area contributed by atoms with Gasteiger partial charge in [0.2, 0.25) is 5.91 Å². The van der Waals surface area contributed by atoms with Gasteiger partial charge in [0, 0.05) is 24.2 Å². The molecule has 2 saturated heterocycles. The third-order valence-electron chi connectivity index (χ3n) is 4.71. The first-order valence-electron chi connectivity index (χ1n) is 8.42. The van der Waals surface area contributed by atoms with Crippen LogP contribution < -0.4 is 9.64 Å². The zero-order valence-corrected chi connectivity index (χ0v) is 15.7. The Morgan fingerprint density at radius 2 is 1.84 bits per heavy atom. The van der Waals surface area contributed by atoms with Crippen LogP contribution in [0, 0.1) is 6.92 Å². The van der Waals surface area contributed by atoms with Crippen LogP contribution in [0.1, 0.15) is 25.8 Å². The van der Waals surface area contributed by atoms with Crippen LogP contribution in [0.2, 0.25) is 5.02 Å². The standard InChI is InChI=1S/C18H23ClN2O4/c1-10-5-14(16(24-4)6-13(10)19)21-17(22)7-15(18(21)23)20-8-11(2)25-12(3)9-20/h5-6,11-12,15H,7-9H2,1-4H3/t11-,12+,15-/m0/s1. The molecule has 0 unspecified atom stereocenters. The zero-order valence-electron chi connectivity index (χ0n) is 14.9. The van der Waals surface area contributed by atoms with Gasteiger partial charge >= 0.3 is 0 Å². The minimum absolute atomic E-state index is 0.0352. The van der Waals surface area contributed by atoms with Gasteiger partial charge in [0.15, 0.2) is 0 Å². The Hall–Kier alpha value is -1.63. The van der Waals surface area contributed by atoms with E-state index in [1.54, 1.807) is 12.1 Å². The molecular weight excluding hydrogens is 344 g/mol. The minimum Gasteiger partial charge on any atom is -0.495 e. The fourth-order valence-electron chi connectivity index (χ4n) is 3.61. The molecule has 0 radical (unpaired) electrons. The molecule has 6 nitrogen and oxygen atoms in total. The normalized spacial score (nSPS) is 27.9. The summed E-state index contributed by atoms with van der Waals surface area (Å²) in [5.41, 5.74) is 1.24. The Kier molecular flexibility index (Phi) is 5.04. The number of amides is 2. The van der Waals surface area contributed by atoms with Crippen LogP contribution in [0.15, 0.2) is 12.1 Å². The predicted octanol–water partition coefficient (Wildman–Crippen LogP) is 2.40. The summed E-state index contributed by atoms with van der Waals surface area (Å²) in [6.07, 6.45) is 0.240. The van der Waals surface area contributed by atoms with Crippen LogP contribution in [0.25, 0.3) is 0 Å². The molecule has 0 aliphatic carbocycles. The number of hydrogen-bond acceptors (Lipinski definition) is 5. The number of morpholine rings is 1. The quantitative estimate of drug-likeness (QED) is 0.769. The predicted molar refractivity (Wildman–Crippen MR) is 95.2 cm³/mol. The van der Waals surface area contributed by atoms with Gasteiger partial charge in [-0.15, -0.1) is 0 Å². The second kappa shape index (κ2) is 6.94. The lowest BCUT2D eigenvalue weighted by molar-refractivity contribution is -0.127. The van der Waals surface area contributed by atoms with Crippen LogP contribution in [0.5, 0.6) is 5.75 Å². The monoisotopic (exact) mass is 366 g/mol. The highest BCUT2D eigenvalue weighted by atomic mass is 35.5. The Morgan fingerprint density at radius 1 is 1.20 bits per heavy atom. The van der Waals surface area contributed by atoms with E-state index in [1.807, 2.05) is 25.7 Å². The van der Waals surface area contributed by atoms with Gasteiger partial charge in [-0.05, 0) is 32.4 Å². The van der Waals surface area contributed by atoms with Crippen molar-refractivity contribution in [2.75, 3.05) is 25.1 Å². The molecule has 0 saturated carbocycles. The molecule has 2 aliphatic heterocycles. The molecule has 2 heterocycles. The van der Waals surface area contributed by atoms with Crippen molar-refractivity contribution < 1.29 is 19.1 Å². The van der Waals surface area contributed by atoms with Crippen molar-refractivity contribution >= 4 is 29.1 Å². The Balaban J connectivity index is 1.91. The molecule has 3 atom stereocenters. The first-order chi connectivity index (χ1) is 11.8. The number of aryl methyl sites for hydroxylation is 1. The van der Waals surface area contributed by atoms with Crippen molar-refractivity contribution in [3.05, 3.63) is 22.7 Å². The molecule has 3 rings (SSSR count). The third-order valence-corrected chi connectivity index (χ3v) is 5.12. The molecule has 1 aromatic rings. The number of ether oxygens (including phenoxy) is 2. The first-order valence-corrected chi connectivity index (χ1v) is 8.80. The second-order valence-corrected chi connectivity index (χ2v) is 7.18. The van der Waals surface area contributed by atoms with Gasteiger partial charge in [0.25, 0.3) is 5.91 Å². The number of hydrogen-bond donors (Lipinski definition) is 0. The highest BCUT2D eigenvalue weighted by Crippen LogP contribution is 2.37. The molecule has 25 heavy (non-hydrogen) atoms. The maximum Gasteiger partial charge on any atom is 0.251 e. The van der Waals surface area contributed by atoms with Crippen molar-refractivity contribution in [3.63, 3.8) is 0 Å². The summed E-state index contributed by atoms with van der Waals surface area (Å²) in [6.45, 7) is 7.07. The minimum atomic E-state index is -0.456. The average Bonchev–Trinajstić information content (AvgIpc) is 2.83. The number of benzene rings is 1. The van der Waals surface area contributed by atoms with Crippen LogP contribution >= 0.6 is 11.6 Å². The summed E-state index contributed by atoms with van der Waals surface area (Å²) in [4.78, 5) is 28.9. The topological polar surface area (TPSA) is 59.1 Å². The maximum atomic E-state index is 13.0. The molecule has 0 spiro atoms. The lowest BCUT2D eigenvalue weighted by atomic mass is 10.1. The summed E-state index contributed by atoms with van der Waals surface area (Å²) in [5.74, 6) is -0.0187. The number of methoxy groups -OCH3 is 1. The van der Waals surface area contributed by atoms with Crippen LogP contribution in [0.4, 0.5) is 5.69 Å². The Morgan fingerprint density at radius 3 is 2.44 bits per heavy atom. The fourth-order valence-corrected chi connectivity index (χ4v) is 3.77. The van der Waals surface area contributed by atoms with Gasteiger partial charge in [-0.2, -0.15) is 0 Å². The lowest BCUT2D eigenvalue weighted by Crippen LogP contribution is -2.52. The lowest BCUT2D eigenvalue weighted by Gasteiger charge is -2.37. The van der Waals surface area contributed by atoms with Crippen molar-refractivity contribution in [2.45, 2.75) is 45.4 Å². The average molecular weight is 367 g/mol. The summed E-state index contributed by atoms with van der Waals surface area (Å²) >= 11 is 6.14. The van der Waals surface area contributed by atoms with Crippen LogP contribution in [-0.4, -0.2) is 55.2 Å². The van der Waals surface area contributed by atoms with Gasteiger partial charge in [-0.3, -0.25) is 14.5 Å². The number of imide groups is 1. The van der Waals surface area contributed by atoms with Crippen LogP contribution in [0.3, 0.4) is 0 Å². The zero-order chi connectivity index (χ0) is 18.3. The maximum absolute atomic E-state index is 13.0. The van der Waals surface area contributed by atoms with Gasteiger partial charge in [-0.1, -0.05) is 11.6 Å². The van der Waals surface area contributed by atoms with E-state index in [4.69, 9.17) is 21.1 Å². The van der Waals surface area contributed by atoms with E-state index < -0.39 is 6.04 Å². The van der Waals surface area contributed by atoms with Crippen molar-refractivity contribution in [2.24, 2.45) is 0 Å². The van der Waals surface area contributed by atoms with E-state index in [0.29, 0.717) is 29.5 Å². The molecule has 2 fully saturated rings. The van der Waals surface area contributed by atoms with E-state index in [0.717, 1.165) is 5.56 Å². The smallest absolute Gasteiger partial charge is 0.251 e. The number of nitrogens with zero attached hydrogens (tertiary/aromatic N) is 2. The van der Waals surface area contributed by atoms with E-state index in [1.165, 1.54) is 12.0 Å². The van der Waals surface area contributed by atoms with Crippen molar-refractivity contribution in [1.82, 2.24) is 4.90 Å². The summed E-state index contributed by atoms with van der Waals surface area (Å²) < 4.78 is 11.1. The van der Waals surface area contributed by atoms with Crippen molar-refractivity contribution in [3.8, 4) is 5.75 Å². The van der Waals surface area contributed by atoms with Crippen LogP contribution in [-0.2, 0) is 14.3 Å². The molecular formula is C18H23ClN2O4. The molecule has 0 bridgehead atoms. The van der Waals surface area contributed by atoms with Gasteiger partial charge in [-0.25, -0.2) is 4.90 Å². The molecule has 2 amide bonds. The number of rotatable bonds is 3. The van der Waals surface area contributed by atoms with E-state index in [9.17, 15) is 9.59 Å². The molecule has 136 valence electrons. The molecule has 1 aromatic carbocycles. The SMILES string of the molecule is COc1cc(Cl)c(C)cc1N1C(=O)C[C@H](N2C[C@@H](C)O[C@@H](C)C2)C1=O. The highest BCUT2D eigenvalue weighted by Gasteiger charge is 2.45. The molecule has 0 N–H and O–H groups in total. The number of carbonyl (C=O) groups is 2. The van der Waals surface area contributed by atoms with Gasteiger partial charge in [0.05, 0.1) is 37.5 Å². The summed E-state index contributed by atoms with van der Waals surface area (Å²) in [6, 6.07) is 2.91. The Bertz CT molecular complexity index is 699. The van der Waals surface area contributed by atoms with Crippen molar-refractivity contribution in [1.29, 1.82) is 0 Å². The third kappa shape index (κ3) is 3.38. The van der Waals surface area contributed by atoms with Gasteiger partial charge in [0.1, 0.15) is 5.75 Å². The highest BCUT2D eigenvalue weighted by molar-refractivity contribution is 6.32. The van der Waals surface area contributed by atoms with E-state index >= 15 is 0 Å². The second-order valence-electron chi connectivity index (χ2n) is 6.77. The summed E-state index contributed by atoms with van der Waals surface area (Å²) in [5, 5.41) is 0.534. The number of carbonyl (C=O) groups excluding carboxylic acids is 2. The number of halogens is 1. The largest absolute Gasteiger partial charge is 0.495 e. The van der Waals surface area contributed by atoms with E-state index in [2.05, 4.69) is 0 Å². The molecule has 0 aromatic heterocycles. The van der Waals surface area contributed by atoms with Gasteiger partial charge < -0.3 is 9.47 Å². The van der Waals surface area contributed by atoms with E-state index in [-0.39, 0.29) is 30.4 Å².